The van der Waals surface area contributed by atoms with Crippen LogP contribution in [0.1, 0.15) is 32.3 Å². The third-order valence-corrected chi connectivity index (χ3v) is 9.47. The van der Waals surface area contributed by atoms with Crippen LogP contribution in [0.15, 0.2) is 59.5 Å². The second-order valence-electron chi connectivity index (χ2n) is 11.5. The summed E-state index contributed by atoms with van der Waals surface area (Å²) in [4.78, 5) is 13.1. The topological polar surface area (TPSA) is 166 Å². The van der Waals surface area contributed by atoms with Gasteiger partial charge in [0, 0.05) is 18.8 Å². The number of carbonyl (C=O) groups is 1. The number of amides is 1. The number of nitrogens with two attached hydrogens (primary N) is 2. The molecule has 12 heteroatoms. The molecule has 2 aromatic carbocycles. The van der Waals surface area contributed by atoms with E-state index in [2.05, 4.69) is 5.32 Å². The summed E-state index contributed by atoms with van der Waals surface area (Å²) in [7, 11) is -4.03. The number of anilines is 1. The minimum atomic E-state index is -4.03. The maximum atomic E-state index is 13.8. The Balaban J connectivity index is 1.55. The predicted octanol–water partition coefficient (Wildman–Crippen LogP) is 2.09. The molecule has 11 nitrogen and oxygen atoms in total. The van der Waals surface area contributed by atoms with E-state index >= 15 is 0 Å². The molecule has 2 aromatic rings. The minimum absolute atomic E-state index is 0.0384. The summed E-state index contributed by atoms with van der Waals surface area (Å²) < 4.78 is 45.6. The number of nitrogens with zero attached hydrogens (tertiary/aromatic N) is 1. The molecule has 4 unspecified atom stereocenters. The number of ether oxygens (including phenoxy) is 3. The number of fused-ring (bicyclic) bond motifs is 1. The monoisotopic (exact) mass is 590 g/mol. The van der Waals surface area contributed by atoms with Crippen LogP contribution in [0.3, 0.4) is 0 Å². The van der Waals surface area contributed by atoms with Crippen molar-refractivity contribution in [3.63, 3.8) is 0 Å². The summed E-state index contributed by atoms with van der Waals surface area (Å²) in [5.74, 6) is -0.0384. The zero-order chi connectivity index (χ0) is 29.6. The van der Waals surface area contributed by atoms with Crippen molar-refractivity contribution < 1.29 is 32.5 Å². The predicted molar refractivity (Wildman–Crippen MR) is 154 cm³/mol. The summed E-state index contributed by atoms with van der Waals surface area (Å²) in [6.45, 7) is 4.87. The fraction of sp³-hybridized carbons (Fsp3) is 0.552. The highest BCUT2D eigenvalue weighted by molar-refractivity contribution is 7.89. The fourth-order valence-corrected chi connectivity index (χ4v) is 6.99. The van der Waals surface area contributed by atoms with Crippen molar-refractivity contribution >= 4 is 21.8 Å². The standard InChI is InChI=1S/C29H42N4O7S/c1-29(2,13-14-30)19-33(41(36,37)22-10-8-21(31)9-11-22)17-25(34)24(16-20-6-4-3-5-7-20)32-28(35)40-26-18-39-27-23(26)12-15-38-27/h3-11,23-27,34H,12-19,30-31H2,1-2H3,(H,32,35)/t23?,24-,25?,26?,27?/m0/s1. The fourth-order valence-electron chi connectivity index (χ4n) is 5.34. The highest BCUT2D eigenvalue weighted by Gasteiger charge is 2.44. The number of carbonyl (C=O) groups excluding carboxylic acids is 1. The highest BCUT2D eigenvalue weighted by Crippen LogP contribution is 2.33. The molecule has 0 bridgehead atoms. The first-order valence-corrected chi connectivity index (χ1v) is 15.4. The number of aliphatic hydroxyl groups excluding tert-OH is 1. The first-order chi connectivity index (χ1) is 19.5. The maximum Gasteiger partial charge on any atom is 0.407 e. The molecule has 0 radical (unpaired) electrons. The normalized spacial score (nSPS) is 22.3. The molecule has 2 aliphatic heterocycles. The van der Waals surface area contributed by atoms with Crippen molar-refractivity contribution in [2.75, 3.05) is 38.6 Å². The maximum absolute atomic E-state index is 13.8. The Hall–Kier alpha value is -2.74. The van der Waals surface area contributed by atoms with E-state index < -0.39 is 39.8 Å². The van der Waals surface area contributed by atoms with Gasteiger partial charge in [0.25, 0.3) is 0 Å². The molecule has 0 saturated carbocycles. The van der Waals surface area contributed by atoms with E-state index in [1.807, 2.05) is 44.2 Å². The Morgan fingerprint density at radius 3 is 2.56 bits per heavy atom. The molecule has 41 heavy (non-hydrogen) atoms. The van der Waals surface area contributed by atoms with Crippen molar-refractivity contribution in [2.24, 2.45) is 17.1 Å². The van der Waals surface area contributed by atoms with Gasteiger partial charge in [-0.1, -0.05) is 44.2 Å². The number of aliphatic hydroxyl groups is 1. The van der Waals surface area contributed by atoms with E-state index in [-0.39, 0.29) is 43.2 Å². The second-order valence-corrected chi connectivity index (χ2v) is 13.5. The Labute approximate surface area is 242 Å². The molecule has 2 aliphatic rings. The van der Waals surface area contributed by atoms with Crippen molar-refractivity contribution in [1.82, 2.24) is 9.62 Å². The quantitative estimate of drug-likeness (QED) is 0.256. The summed E-state index contributed by atoms with van der Waals surface area (Å²) in [5, 5.41) is 14.3. The lowest BCUT2D eigenvalue weighted by atomic mass is 9.89. The van der Waals surface area contributed by atoms with Gasteiger partial charge in [-0.05, 0) is 61.1 Å². The number of hydrogen-bond donors (Lipinski definition) is 4. The molecule has 0 aromatic heterocycles. The third kappa shape index (κ3) is 8.18. The van der Waals surface area contributed by atoms with E-state index in [9.17, 15) is 18.3 Å². The van der Waals surface area contributed by atoms with Crippen molar-refractivity contribution in [2.45, 2.75) is 62.5 Å². The van der Waals surface area contributed by atoms with Gasteiger partial charge in [-0.2, -0.15) is 4.31 Å². The van der Waals surface area contributed by atoms with Crippen molar-refractivity contribution in [1.29, 1.82) is 0 Å². The van der Waals surface area contributed by atoms with Gasteiger partial charge in [-0.15, -0.1) is 0 Å². The van der Waals surface area contributed by atoms with Crippen LogP contribution in [-0.4, -0.2) is 81.3 Å². The number of sulfonamides is 1. The first kappa shape index (κ1) is 31.2. The molecule has 4 rings (SSSR count). The van der Waals surface area contributed by atoms with E-state index in [1.54, 1.807) is 0 Å². The van der Waals surface area contributed by atoms with Crippen LogP contribution in [0.4, 0.5) is 10.5 Å². The number of nitrogen functional groups attached to an aromatic ring is 1. The summed E-state index contributed by atoms with van der Waals surface area (Å²) in [6, 6.07) is 14.4. The molecule has 1 amide bonds. The minimum Gasteiger partial charge on any atom is -0.443 e. The molecular formula is C29H42N4O7S. The molecule has 0 spiro atoms. The van der Waals surface area contributed by atoms with Crippen LogP contribution in [-0.2, 0) is 30.7 Å². The van der Waals surface area contributed by atoms with Gasteiger partial charge >= 0.3 is 6.09 Å². The zero-order valence-electron chi connectivity index (χ0n) is 23.6. The molecule has 2 saturated heterocycles. The van der Waals surface area contributed by atoms with Crippen LogP contribution in [0.25, 0.3) is 0 Å². The second kappa shape index (κ2) is 13.5. The van der Waals surface area contributed by atoms with Gasteiger partial charge in [0.2, 0.25) is 10.0 Å². The summed E-state index contributed by atoms with van der Waals surface area (Å²) in [5.41, 5.74) is 12.4. The summed E-state index contributed by atoms with van der Waals surface area (Å²) in [6.07, 6.45) is -1.24. The molecule has 0 aliphatic carbocycles. The van der Waals surface area contributed by atoms with Crippen LogP contribution < -0.4 is 16.8 Å². The smallest absolute Gasteiger partial charge is 0.407 e. The number of benzene rings is 2. The van der Waals surface area contributed by atoms with Gasteiger partial charge in [-0.3, -0.25) is 0 Å². The number of rotatable bonds is 13. The highest BCUT2D eigenvalue weighted by atomic mass is 32.2. The molecule has 226 valence electrons. The van der Waals surface area contributed by atoms with Gasteiger partial charge in [-0.25, -0.2) is 13.2 Å². The molecule has 2 fully saturated rings. The molecule has 6 N–H and O–H groups in total. The average Bonchev–Trinajstić information content (AvgIpc) is 3.54. The van der Waals surface area contributed by atoms with Crippen LogP contribution in [0, 0.1) is 11.3 Å². The van der Waals surface area contributed by atoms with Crippen molar-refractivity contribution in [3.8, 4) is 0 Å². The SMILES string of the molecule is CC(C)(CCN)CN(CC(O)[C@H](Cc1ccccc1)NC(=O)OC1COC2OCCC12)S(=O)(=O)c1ccc(N)cc1. The van der Waals surface area contributed by atoms with Crippen LogP contribution in [0.5, 0.6) is 0 Å². The van der Waals surface area contributed by atoms with Gasteiger partial charge < -0.3 is 36.1 Å². The number of alkyl carbamates (subject to hydrolysis) is 1. The zero-order valence-corrected chi connectivity index (χ0v) is 24.5. The molecule has 2 heterocycles. The average molecular weight is 591 g/mol. The molecular weight excluding hydrogens is 548 g/mol. The Morgan fingerprint density at radius 2 is 1.88 bits per heavy atom. The van der Waals surface area contributed by atoms with Gasteiger partial charge in [0.05, 0.1) is 36.2 Å². The lowest BCUT2D eigenvalue weighted by Crippen LogP contribution is -2.52. The Morgan fingerprint density at radius 1 is 1.17 bits per heavy atom. The van der Waals surface area contributed by atoms with Crippen LogP contribution >= 0.6 is 0 Å². The van der Waals surface area contributed by atoms with Crippen LogP contribution in [0.2, 0.25) is 0 Å². The van der Waals surface area contributed by atoms with Crippen molar-refractivity contribution in [3.05, 3.63) is 60.2 Å². The van der Waals surface area contributed by atoms with E-state index in [4.69, 9.17) is 25.7 Å². The first-order valence-electron chi connectivity index (χ1n) is 14.0. The Bertz CT molecular complexity index is 1240. The summed E-state index contributed by atoms with van der Waals surface area (Å²) >= 11 is 0. The number of hydrogen-bond acceptors (Lipinski definition) is 9. The lowest BCUT2D eigenvalue weighted by Gasteiger charge is -2.35. The van der Waals surface area contributed by atoms with E-state index in [1.165, 1.54) is 28.6 Å². The van der Waals surface area contributed by atoms with E-state index in [0.717, 1.165) is 12.0 Å². The van der Waals surface area contributed by atoms with Gasteiger partial charge in [0.15, 0.2) is 6.29 Å². The van der Waals surface area contributed by atoms with E-state index in [0.29, 0.717) is 25.3 Å². The largest absolute Gasteiger partial charge is 0.443 e. The Kier molecular flexibility index (Phi) is 10.3. The number of nitrogens with one attached hydrogen (secondary N) is 1. The lowest BCUT2D eigenvalue weighted by molar-refractivity contribution is -0.0907. The van der Waals surface area contributed by atoms with Gasteiger partial charge in [0.1, 0.15) is 6.10 Å². The molecule has 5 atom stereocenters. The third-order valence-electron chi connectivity index (χ3n) is 7.64.